The molecule has 0 bridgehead atoms. The van der Waals surface area contributed by atoms with Crippen molar-refractivity contribution in [3.05, 3.63) is 47.7 Å². The molecular formula is C15H15NO3. The van der Waals surface area contributed by atoms with Crippen molar-refractivity contribution in [2.45, 2.75) is 32.3 Å². The quantitative estimate of drug-likeness (QED) is 0.792. The van der Waals surface area contributed by atoms with Crippen molar-refractivity contribution in [2.24, 2.45) is 0 Å². The predicted octanol–water partition coefficient (Wildman–Crippen LogP) is 3.16. The van der Waals surface area contributed by atoms with E-state index in [0.717, 1.165) is 30.7 Å². The normalized spacial score (nSPS) is 14.8. The van der Waals surface area contributed by atoms with Gasteiger partial charge in [0.15, 0.2) is 18.2 Å². The van der Waals surface area contributed by atoms with E-state index < -0.39 is 0 Å². The Hall–Kier alpha value is -2.10. The van der Waals surface area contributed by atoms with Crippen molar-refractivity contribution in [1.29, 1.82) is 0 Å². The lowest BCUT2D eigenvalue weighted by Crippen LogP contribution is -1.96. The van der Waals surface area contributed by atoms with Gasteiger partial charge in [-0.15, -0.1) is 0 Å². The van der Waals surface area contributed by atoms with Gasteiger partial charge in [0.25, 0.3) is 0 Å². The van der Waals surface area contributed by atoms with Crippen LogP contribution in [-0.4, -0.2) is 10.8 Å². The summed E-state index contributed by atoms with van der Waals surface area (Å²) >= 11 is 0. The third kappa shape index (κ3) is 2.67. The van der Waals surface area contributed by atoms with Crippen LogP contribution in [0, 0.1) is 0 Å². The lowest BCUT2D eigenvalue weighted by molar-refractivity contribution is 0.0951. The maximum absolute atomic E-state index is 11.8. The number of carbonyl (C=O) groups excluding carboxylic acids is 1. The highest BCUT2D eigenvalue weighted by molar-refractivity contribution is 5.94. The number of carbonyl (C=O) groups is 1. The number of aromatic nitrogens is 1. The summed E-state index contributed by atoms with van der Waals surface area (Å²) in [5, 5.41) is 0. The van der Waals surface area contributed by atoms with Gasteiger partial charge >= 0.3 is 0 Å². The fraction of sp³-hybridized carbons (Fsp3) is 0.333. The zero-order valence-electron chi connectivity index (χ0n) is 10.6. The average Bonchev–Trinajstić information content (AvgIpc) is 2.78. The fourth-order valence-electron chi connectivity index (χ4n) is 2.20. The van der Waals surface area contributed by atoms with E-state index in [1.54, 1.807) is 0 Å². The Bertz CT molecular complexity index is 574. The summed E-state index contributed by atoms with van der Waals surface area (Å²) in [6.07, 6.45) is 3.28. The van der Waals surface area contributed by atoms with Crippen molar-refractivity contribution in [3.63, 3.8) is 0 Å². The molecule has 0 aliphatic heterocycles. The Kier molecular flexibility index (Phi) is 3.31. The first-order valence-corrected chi connectivity index (χ1v) is 6.52. The number of hydrogen-bond donors (Lipinski definition) is 0. The van der Waals surface area contributed by atoms with Crippen LogP contribution in [0.1, 0.15) is 41.4 Å². The van der Waals surface area contributed by atoms with Gasteiger partial charge in [-0.05, 0) is 31.4 Å². The molecule has 0 radical (unpaired) electrons. The largest absolute Gasteiger partial charge is 0.484 e. The van der Waals surface area contributed by atoms with E-state index in [2.05, 4.69) is 4.98 Å². The molecule has 1 aromatic carbocycles. The molecule has 0 atom stereocenters. The minimum atomic E-state index is 0.0611. The summed E-state index contributed by atoms with van der Waals surface area (Å²) in [6.45, 7) is 0.254. The van der Waals surface area contributed by atoms with E-state index in [1.165, 1.54) is 0 Å². The summed E-state index contributed by atoms with van der Waals surface area (Å²) in [7, 11) is 0. The number of nitrogens with zero attached hydrogens (tertiary/aromatic N) is 1. The molecule has 0 fully saturated rings. The minimum absolute atomic E-state index is 0.0611. The van der Waals surface area contributed by atoms with Gasteiger partial charge in [0.2, 0.25) is 5.89 Å². The molecule has 4 nitrogen and oxygen atoms in total. The number of benzene rings is 1. The zero-order valence-corrected chi connectivity index (χ0v) is 10.6. The Morgan fingerprint density at radius 3 is 2.79 bits per heavy atom. The number of oxazole rings is 1. The van der Waals surface area contributed by atoms with Crippen molar-refractivity contribution in [1.82, 2.24) is 4.98 Å². The van der Waals surface area contributed by atoms with Gasteiger partial charge in [-0.3, -0.25) is 4.79 Å². The van der Waals surface area contributed by atoms with Gasteiger partial charge < -0.3 is 9.15 Å². The minimum Gasteiger partial charge on any atom is -0.484 e. The van der Waals surface area contributed by atoms with Gasteiger partial charge in [0, 0.05) is 6.42 Å². The smallest absolute Gasteiger partial charge is 0.233 e. The summed E-state index contributed by atoms with van der Waals surface area (Å²) in [5.74, 6) is 1.74. The molecule has 0 spiro atoms. The zero-order chi connectivity index (χ0) is 13.1. The SMILES string of the molecule is O=C1CCCCc2nc(COc3ccccc3)oc21. The number of Topliss-reactive ketones (excluding diaryl/α,β-unsaturated/α-hetero) is 1. The molecule has 4 heteroatoms. The maximum atomic E-state index is 11.8. The topological polar surface area (TPSA) is 52.3 Å². The Morgan fingerprint density at radius 2 is 1.95 bits per heavy atom. The van der Waals surface area contributed by atoms with E-state index >= 15 is 0 Å². The molecule has 0 amide bonds. The Labute approximate surface area is 111 Å². The van der Waals surface area contributed by atoms with E-state index in [4.69, 9.17) is 9.15 Å². The van der Waals surface area contributed by atoms with Crippen molar-refractivity contribution < 1.29 is 13.9 Å². The second-order valence-corrected chi connectivity index (χ2v) is 4.62. The highest BCUT2D eigenvalue weighted by atomic mass is 16.5. The second kappa shape index (κ2) is 5.26. The Balaban J connectivity index is 1.73. The molecule has 0 N–H and O–H groups in total. The third-order valence-electron chi connectivity index (χ3n) is 3.17. The molecule has 1 aliphatic carbocycles. The first-order valence-electron chi connectivity index (χ1n) is 6.52. The van der Waals surface area contributed by atoms with Gasteiger partial charge in [-0.25, -0.2) is 4.98 Å². The van der Waals surface area contributed by atoms with Crippen LogP contribution >= 0.6 is 0 Å². The standard InChI is InChI=1S/C15H15NO3/c17-13-9-5-4-8-12-15(13)19-14(16-12)10-18-11-6-2-1-3-7-11/h1-3,6-7H,4-5,8-10H2. The number of para-hydroxylation sites is 1. The van der Waals surface area contributed by atoms with Crippen LogP contribution < -0.4 is 4.74 Å². The number of hydrogen-bond acceptors (Lipinski definition) is 4. The van der Waals surface area contributed by atoms with Crippen molar-refractivity contribution in [3.8, 4) is 5.75 Å². The van der Waals surface area contributed by atoms with E-state index in [0.29, 0.717) is 18.1 Å². The molecule has 19 heavy (non-hydrogen) atoms. The summed E-state index contributed by atoms with van der Waals surface area (Å²) in [5.41, 5.74) is 0.786. The number of rotatable bonds is 3. The van der Waals surface area contributed by atoms with E-state index in [1.807, 2.05) is 30.3 Å². The molecule has 3 rings (SSSR count). The fourth-order valence-corrected chi connectivity index (χ4v) is 2.20. The van der Waals surface area contributed by atoms with Crippen LogP contribution in [0.4, 0.5) is 0 Å². The number of ketones is 1. The van der Waals surface area contributed by atoms with E-state index in [9.17, 15) is 4.79 Å². The monoisotopic (exact) mass is 257 g/mol. The first kappa shape index (κ1) is 12.0. The molecule has 1 aromatic heterocycles. The molecule has 98 valence electrons. The second-order valence-electron chi connectivity index (χ2n) is 4.62. The molecule has 1 aliphatic rings. The van der Waals surface area contributed by atoms with E-state index in [-0.39, 0.29) is 12.4 Å². The van der Waals surface area contributed by atoms with Crippen LogP contribution in [0.5, 0.6) is 5.75 Å². The van der Waals surface area contributed by atoms with Gasteiger partial charge in [0.1, 0.15) is 5.75 Å². The highest BCUT2D eigenvalue weighted by Gasteiger charge is 2.22. The first-order chi connectivity index (χ1) is 9.33. The molecule has 1 heterocycles. The number of aryl methyl sites for hydroxylation is 1. The van der Waals surface area contributed by atoms with Crippen molar-refractivity contribution in [2.75, 3.05) is 0 Å². The average molecular weight is 257 g/mol. The summed E-state index contributed by atoms with van der Waals surface area (Å²) in [6, 6.07) is 9.49. The number of fused-ring (bicyclic) bond motifs is 1. The third-order valence-corrected chi connectivity index (χ3v) is 3.17. The molecule has 0 unspecified atom stereocenters. The maximum Gasteiger partial charge on any atom is 0.233 e. The van der Waals surface area contributed by atoms with Crippen molar-refractivity contribution >= 4 is 5.78 Å². The molecule has 2 aromatic rings. The van der Waals surface area contributed by atoms with Crippen LogP contribution in [0.3, 0.4) is 0 Å². The van der Waals surface area contributed by atoms with Crippen LogP contribution in [0.15, 0.2) is 34.7 Å². The molecular weight excluding hydrogens is 242 g/mol. The van der Waals surface area contributed by atoms with Crippen LogP contribution in [0.25, 0.3) is 0 Å². The summed E-state index contributed by atoms with van der Waals surface area (Å²) in [4.78, 5) is 16.2. The lowest BCUT2D eigenvalue weighted by atomic mass is 10.2. The highest BCUT2D eigenvalue weighted by Crippen LogP contribution is 2.22. The summed E-state index contributed by atoms with van der Waals surface area (Å²) < 4.78 is 11.1. The van der Waals surface area contributed by atoms with Crippen LogP contribution in [0.2, 0.25) is 0 Å². The van der Waals surface area contributed by atoms with Gasteiger partial charge in [-0.1, -0.05) is 18.2 Å². The molecule has 0 saturated carbocycles. The predicted molar refractivity (Wildman–Crippen MR) is 69.2 cm³/mol. The van der Waals surface area contributed by atoms with Crippen LogP contribution in [-0.2, 0) is 13.0 Å². The lowest BCUT2D eigenvalue weighted by Gasteiger charge is -2.02. The Morgan fingerprint density at radius 1 is 1.16 bits per heavy atom. The number of ether oxygens (including phenoxy) is 1. The molecule has 0 saturated heterocycles. The van der Waals surface area contributed by atoms with Gasteiger partial charge in [0.05, 0.1) is 5.69 Å². The van der Waals surface area contributed by atoms with Gasteiger partial charge in [-0.2, -0.15) is 0 Å².